The van der Waals surface area contributed by atoms with Gasteiger partial charge in [-0.2, -0.15) is 0 Å². The maximum absolute atomic E-state index is 10.3. The molecule has 0 aromatic heterocycles. The van der Waals surface area contributed by atoms with Crippen molar-refractivity contribution in [2.45, 2.75) is 26.2 Å². The van der Waals surface area contributed by atoms with E-state index in [1.54, 1.807) is 0 Å². The number of rotatable bonds is 8. The molecule has 0 saturated carbocycles. The van der Waals surface area contributed by atoms with Gasteiger partial charge < -0.3 is 15.2 Å². The Hall–Kier alpha value is -2.33. The summed E-state index contributed by atoms with van der Waals surface area (Å²) in [5, 5.41) is 14.2. The summed E-state index contributed by atoms with van der Waals surface area (Å²) in [6.45, 7) is 3.60. The molecule has 0 unspecified atom stereocenters. The summed E-state index contributed by atoms with van der Waals surface area (Å²) in [6.07, 6.45) is -0.554. The molecule has 0 heterocycles. The van der Waals surface area contributed by atoms with Crippen molar-refractivity contribution in [1.29, 1.82) is 0 Å². The number of aliphatic hydroxyl groups is 1. The first-order valence-corrected chi connectivity index (χ1v) is 9.41. The second kappa shape index (κ2) is 9.56. The minimum Gasteiger partial charge on any atom is -0.489 e. The van der Waals surface area contributed by atoms with Crippen molar-refractivity contribution in [1.82, 2.24) is 5.32 Å². The molecular weight excluding hydrogens is 358 g/mol. The average molecular weight is 382 g/mol. The van der Waals surface area contributed by atoms with Crippen LogP contribution in [-0.4, -0.2) is 11.7 Å². The molecule has 0 spiro atoms. The number of aliphatic hydroxyl groups excluding tert-OH is 1. The van der Waals surface area contributed by atoms with Crippen LogP contribution in [0.5, 0.6) is 5.75 Å². The van der Waals surface area contributed by atoms with Crippen LogP contribution in [0.1, 0.15) is 28.4 Å². The standard InChI is InChI=1S/C23H24ClNO2/c1-17-7-5-6-10-19(17)16-27-23-12-11-21(24)13-20(23)14-25-15-22(26)18-8-3-2-4-9-18/h2-13,22,25-26H,14-16H2,1H3/t22-/m0/s1. The van der Waals surface area contributed by atoms with Crippen LogP contribution in [-0.2, 0) is 13.2 Å². The van der Waals surface area contributed by atoms with Gasteiger partial charge >= 0.3 is 0 Å². The summed E-state index contributed by atoms with van der Waals surface area (Å²) in [4.78, 5) is 0. The van der Waals surface area contributed by atoms with Gasteiger partial charge in [-0.1, -0.05) is 66.2 Å². The van der Waals surface area contributed by atoms with Crippen LogP contribution in [0.15, 0.2) is 72.8 Å². The Kier molecular flexibility index (Phi) is 6.88. The van der Waals surface area contributed by atoms with Crippen molar-refractivity contribution in [2.24, 2.45) is 0 Å². The number of halogens is 1. The van der Waals surface area contributed by atoms with E-state index in [2.05, 4.69) is 24.4 Å². The Labute approximate surface area is 165 Å². The SMILES string of the molecule is Cc1ccccc1COc1ccc(Cl)cc1CNC[C@H](O)c1ccccc1. The lowest BCUT2D eigenvalue weighted by Crippen LogP contribution is -2.21. The maximum Gasteiger partial charge on any atom is 0.124 e. The minimum absolute atomic E-state index is 0.452. The third-order valence-corrected chi connectivity index (χ3v) is 4.74. The number of aryl methyl sites for hydroxylation is 1. The minimum atomic E-state index is -0.554. The predicted molar refractivity (Wildman–Crippen MR) is 110 cm³/mol. The molecule has 140 valence electrons. The monoisotopic (exact) mass is 381 g/mol. The van der Waals surface area contributed by atoms with E-state index in [-0.39, 0.29) is 0 Å². The summed E-state index contributed by atoms with van der Waals surface area (Å²) in [7, 11) is 0. The van der Waals surface area contributed by atoms with E-state index >= 15 is 0 Å². The van der Waals surface area contributed by atoms with Gasteiger partial charge in [-0.05, 0) is 41.8 Å². The molecule has 27 heavy (non-hydrogen) atoms. The Bertz CT molecular complexity index is 867. The average Bonchev–Trinajstić information content (AvgIpc) is 2.69. The zero-order valence-electron chi connectivity index (χ0n) is 15.4. The molecule has 0 fully saturated rings. The molecule has 1 atom stereocenters. The highest BCUT2D eigenvalue weighted by Gasteiger charge is 2.09. The van der Waals surface area contributed by atoms with Gasteiger partial charge in [-0.3, -0.25) is 0 Å². The number of hydrogen-bond acceptors (Lipinski definition) is 3. The molecular formula is C23H24ClNO2. The van der Waals surface area contributed by atoms with Crippen LogP contribution in [0, 0.1) is 6.92 Å². The fourth-order valence-electron chi connectivity index (χ4n) is 2.89. The quantitative estimate of drug-likeness (QED) is 0.573. The summed E-state index contributed by atoms with van der Waals surface area (Å²) in [5.41, 5.74) is 4.23. The fraction of sp³-hybridized carbons (Fsp3) is 0.217. The summed E-state index contributed by atoms with van der Waals surface area (Å²) < 4.78 is 6.04. The second-order valence-corrected chi connectivity index (χ2v) is 6.96. The van der Waals surface area contributed by atoms with Crippen molar-refractivity contribution >= 4 is 11.6 Å². The third kappa shape index (κ3) is 5.57. The van der Waals surface area contributed by atoms with E-state index in [4.69, 9.17) is 16.3 Å². The molecule has 3 rings (SSSR count). The molecule has 0 saturated heterocycles. The van der Waals surface area contributed by atoms with Gasteiger partial charge in [0.05, 0.1) is 6.10 Å². The second-order valence-electron chi connectivity index (χ2n) is 6.52. The molecule has 3 nitrogen and oxygen atoms in total. The summed E-state index contributed by atoms with van der Waals surface area (Å²) >= 11 is 6.16. The van der Waals surface area contributed by atoms with Gasteiger partial charge in [0.15, 0.2) is 0 Å². The Morgan fingerprint density at radius 2 is 1.70 bits per heavy atom. The first-order valence-electron chi connectivity index (χ1n) is 9.03. The highest BCUT2D eigenvalue weighted by Crippen LogP contribution is 2.24. The van der Waals surface area contributed by atoms with Crippen LogP contribution in [0.4, 0.5) is 0 Å². The van der Waals surface area contributed by atoms with Crippen molar-refractivity contribution in [3.05, 3.63) is 100 Å². The first-order chi connectivity index (χ1) is 13.1. The molecule has 0 aliphatic rings. The normalized spacial score (nSPS) is 12.0. The fourth-order valence-corrected chi connectivity index (χ4v) is 3.09. The largest absolute Gasteiger partial charge is 0.489 e. The molecule has 0 bridgehead atoms. The predicted octanol–water partition coefficient (Wildman–Crippen LogP) is 5.05. The molecule has 4 heteroatoms. The first kappa shape index (κ1) is 19.4. The van der Waals surface area contributed by atoms with Crippen molar-refractivity contribution in [2.75, 3.05) is 6.54 Å². The van der Waals surface area contributed by atoms with Crippen molar-refractivity contribution in [3.8, 4) is 5.75 Å². The highest BCUT2D eigenvalue weighted by atomic mass is 35.5. The van der Waals surface area contributed by atoms with Gasteiger partial charge in [0, 0.05) is 23.7 Å². The molecule has 0 aliphatic carbocycles. The Morgan fingerprint density at radius 1 is 0.963 bits per heavy atom. The molecule has 0 aliphatic heterocycles. The van der Waals surface area contributed by atoms with Crippen LogP contribution in [0.25, 0.3) is 0 Å². The van der Waals surface area contributed by atoms with E-state index in [9.17, 15) is 5.11 Å². The van der Waals surface area contributed by atoms with Crippen LogP contribution in [0.2, 0.25) is 5.02 Å². The molecule has 3 aromatic carbocycles. The van der Waals surface area contributed by atoms with Crippen LogP contribution in [0.3, 0.4) is 0 Å². The summed E-state index contributed by atoms with van der Waals surface area (Å²) in [5.74, 6) is 0.796. The Morgan fingerprint density at radius 3 is 2.48 bits per heavy atom. The summed E-state index contributed by atoms with van der Waals surface area (Å²) in [6, 6.07) is 23.4. The maximum atomic E-state index is 10.3. The Balaban J connectivity index is 1.61. The van der Waals surface area contributed by atoms with Crippen LogP contribution < -0.4 is 10.1 Å². The van der Waals surface area contributed by atoms with E-state index in [1.165, 1.54) is 5.56 Å². The van der Waals surface area contributed by atoms with Gasteiger partial charge in [0.25, 0.3) is 0 Å². The lowest BCUT2D eigenvalue weighted by atomic mass is 10.1. The van der Waals surface area contributed by atoms with E-state index in [1.807, 2.05) is 60.7 Å². The topological polar surface area (TPSA) is 41.5 Å². The molecule has 0 radical (unpaired) electrons. The van der Waals surface area contributed by atoms with Crippen molar-refractivity contribution < 1.29 is 9.84 Å². The zero-order valence-corrected chi connectivity index (χ0v) is 16.1. The van der Waals surface area contributed by atoms with Crippen LogP contribution >= 0.6 is 11.6 Å². The third-order valence-electron chi connectivity index (χ3n) is 4.50. The van der Waals surface area contributed by atoms with Crippen molar-refractivity contribution in [3.63, 3.8) is 0 Å². The van der Waals surface area contributed by atoms with Gasteiger partial charge in [0.1, 0.15) is 12.4 Å². The molecule has 3 aromatic rings. The molecule has 0 amide bonds. The van der Waals surface area contributed by atoms with E-state index < -0.39 is 6.10 Å². The van der Waals surface area contributed by atoms with Gasteiger partial charge in [0.2, 0.25) is 0 Å². The smallest absolute Gasteiger partial charge is 0.124 e. The zero-order chi connectivity index (χ0) is 19.1. The van der Waals surface area contributed by atoms with Gasteiger partial charge in [-0.25, -0.2) is 0 Å². The number of ether oxygens (including phenoxy) is 1. The van der Waals surface area contributed by atoms with E-state index in [0.29, 0.717) is 24.7 Å². The lowest BCUT2D eigenvalue weighted by Gasteiger charge is -2.15. The molecule has 2 N–H and O–H groups in total. The number of nitrogens with one attached hydrogen (secondary N) is 1. The lowest BCUT2D eigenvalue weighted by molar-refractivity contribution is 0.174. The van der Waals surface area contributed by atoms with Gasteiger partial charge in [-0.15, -0.1) is 0 Å². The number of hydrogen-bond donors (Lipinski definition) is 2. The van der Waals surface area contributed by atoms with E-state index in [0.717, 1.165) is 22.4 Å². The highest BCUT2D eigenvalue weighted by molar-refractivity contribution is 6.30. The number of benzene rings is 3.